The van der Waals surface area contributed by atoms with E-state index in [1.165, 1.54) is 23.5 Å². The van der Waals surface area contributed by atoms with Crippen LogP contribution in [0.4, 0.5) is 5.69 Å². The second-order valence-electron chi connectivity index (χ2n) is 6.86. The second-order valence-corrected chi connectivity index (χ2v) is 8.94. The first-order valence-electron chi connectivity index (χ1n) is 9.62. The lowest BCUT2D eigenvalue weighted by Crippen LogP contribution is -2.19. The summed E-state index contributed by atoms with van der Waals surface area (Å²) < 4.78 is 5.94. The van der Waals surface area contributed by atoms with Crippen LogP contribution in [0.5, 0.6) is 0 Å². The number of amidine groups is 1. The minimum absolute atomic E-state index is 0.179. The van der Waals surface area contributed by atoms with E-state index in [-0.39, 0.29) is 5.91 Å². The number of thioether (sulfide) groups is 1. The number of nitrogens with one attached hydrogen (secondary N) is 1. The number of para-hydroxylation sites is 2. The van der Waals surface area contributed by atoms with Gasteiger partial charge in [0.2, 0.25) is 0 Å². The van der Waals surface area contributed by atoms with Gasteiger partial charge in [-0.05, 0) is 66.3 Å². The summed E-state index contributed by atoms with van der Waals surface area (Å²) in [4.78, 5) is 23.0. The standard InChI is InChI=1S/C24H17N3O2S2/c1-15-6-2-3-9-18(15)26-24-27-23(28)20(31-24)14-17-11-12-21(29-17)30-19-10-4-7-16-8-5-13-25-22(16)19/h2-14H,1H3,(H,26,27,28)/b20-14-. The van der Waals surface area contributed by atoms with E-state index in [0.29, 0.717) is 15.8 Å². The maximum atomic E-state index is 12.4. The Morgan fingerprint density at radius 2 is 1.94 bits per heavy atom. The van der Waals surface area contributed by atoms with E-state index in [1.54, 1.807) is 12.3 Å². The Morgan fingerprint density at radius 3 is 2.84 bits per heavy atom. The van der Waals surface area contributed by atoms with E-state index >= 15 is 0 Å². The molecule has 1 aliphatic rings. The van der Waals surface area contributed by atoms with Crippen LogP contribution in [0.15, 0.2) is 97.2 Å². The van der Waals surface area contributed by atoms with Crippen LogP contribution >= 0.6 is 23.5 Å². The highest BCUT2D eigenvalue weighted by molar-refractivity contribution is 8.18. The van der Waals surface area contributed by atoms with Crippen molar-refractivity contribution in [1.82, 2.24) is 10.3 Å². The second kappa shape index (κ2) is 8.45. The molecule has 5 nitrogen and oxygen atoms in total. The number of benzene rings is 2. The number of rotatable bonds is 4. The van der Waals surface area contributed by atoms with Crippen LogP contribution in [-0.4, -0.2) is 16.1 Å². The van der Waals surface area contributed by atoms with Gasteiger partial charge in [0.05, 0.1) is 16.1 Å². The predicted molar refractivity (Wildman–Crippen MR) is 127 cm³/mol. The first-order chi connectivity index (χ1) is 15.2. The molecule has 1 saturated heterocycles. The molecule has 0 atom stereocenters. The largest absolute Gasteiger partial charge is 0.450 e. The molecule has 152 valence electrons. The van der Waals surface area contributed by atoms with Crippen molar-refractivity contribution in [1.29, 1.82) is 0 Å². The smallest absolute Gasteiger partial charge is 0.264 e. The van der Waals surface area contributed by atoms with Gasteiger partial charge in [-0.3, -0.25) is 9.78 Å². The highest BCUT2D eigenvalue weighted by Crippen LogP contribution is 2.35. The molecule has 4 aromatic rings. The van der Waals surface area contributed by atoms with Gasteiger partial charge in [-0.25, -0.2) is 4.99 Å². The van der Waals surface area contributed by atoms with Crippen molar-refractivity contribution >= 4 is 57.3 Å². The molecule has 3 heterocycles. The van der Waals surface area contributed by atoms with Crippen molar-refractivity contribution in [2.45, 2.75) is 16.9 Å². The number of hydrogen-bond acceptors (Lipinski definition) is 6. The lowest BCUT2D eigenvalue weighted by molar-refractivity contribution is -0.115. The third kappa shape index (κ3) is 4.28. The molecule has 0 bridgehead atoms. The number of amides is 1. The number of aryl methyl sites for hydroxylation is 1. The third-order valence-electron chi connectivity index (χ3n) is 4.67. The molecule has 0 spiro atoms. The van der Waals surface area contributed by atoms with E-state index in [4.69, 9.17) is 4.42 Å². The fourth-order valence-corrected chi connectivity index (χ4v) is 4.86. The number of carbonyl (C=O) groups excluding carboxylic acids is 1. The van der Waals surface area contributed by atoms with Crippen molar-refractivity contribution < 1.29 is 9.21 Å². The van der Waals surface area contributed by atoms with Crippen LogP contribution in [0.3, 0.4) is 0 Å². The number of nitrogens with zero attached hydrogens (tertiary/aromatic N) is 2. The monoisotopic (exact) mass is 443 g/mol. The van der Waals surface area contributed by atoms with Gasteiger partial charge in [0.25, 0.3) is 5.91 Å². The summed E-state index contributed by atoms with van der Waals surface area (Å²) in [6.07, 6.45) is 3.53. The van der Waals surface area contributed by atoms with Crippen LogP contribution in [-0.2, 0) is 4.79 Å². The molecule has 1 aliphatic heterocycles. The van der Waals surface area contributed by atoms with Gasteiger partial charge in [-0.2, -0.15) is 0 Å². The summed E-state index contributed by atoms with van der Waals surface area (Å²) in [6.45, 7) is 1.99. The van der Waals surface area contributed by atoms with Crippen LogP contribution in [0.25, 0.3) is 17.0 Å². The number of aliphatic imine (C=N–C) groups is 1. The first-order valence-corrected chi connectivity index (χ1v) is 11.3. The maximum Gasteiger partial charge on any atom is 0.264 e. The fourth-order valence-electron chi connectivity index (χ4n) is 3.14. The summed E-state index contributed by atoms with van der Waals surface area (Å²) in [7, 11) is 0. The quantitative estimate of drug-likeness (QED) is 0.382. The van der Waals surface area contributed by atoms with Gasteiger partial charge >= 0.3 is 0 Å². The topological polar surface area (TPSA) is 67.5 Å². The molecule has 0 saturated carbocycles. The molecular weight excluding hydrogens is 426 g/mol. The van der Waals surface area contributed by atoms with E-state index in [1.807, 2.05) is 73.7 Å². The van der Waals surface area contributed by atoms with Gasteiger partial charge in [-0.1, -0.05) is 36.4 Å². The zero-order valence-corrected chi connectivity index (χ0v) is 18.2. The third-order valence-corrected chi connectivity index (χ3v) is 6.55. The first kappa shape index (κ1) is 19.7. The molecule has 31 heavy (non-hydrogen) atoms. The molecule has 0 unspecified atom stereocenters. The summed E-state index contributed by atoms with van der Waals surface area (Å²) in [5, 5.41) is 5.20. The van der Waals surface area contributed by atoms with Gasteiger partial charge in [0.15, 0.2) is 10.3 Å². The van der Waals surface area contributed by atoms with E-state index in [2.05, 4.69) is 15.3 Å². The lowest BCUT2D eigenvalue weighted by Gasteiger charge is -2.02. The minimum atomic E-state index is -0.179. The van der Waals surface area contributed by atoms with Crippen LogP contribution in [0.1, 0.15) is 11.3 Å². The van der Waals surface area contributed by atoms with Crippen molar-refractivity contribution in [3.05, 3.63) is 89.2 Å². The van der Waals surface area contributed by atoms with Crippen molar-refractivity contribution in [2.75, 3.05) is 0 Å². The van der Waals surface area contributed by atoms with E-state index in [9.17, 15) is 4.79 Å². The highest BCUT2D eigenvalue weighted by atomic mass is 32.2. The number of aromatic nitrogens is 1. The SMILES string of the molecule is Cc1ccccc1N=C1NC(=O)/C(=C/c2ccc(Sc3cccc4cccnc34)o2)S1. The average Bonchev–Trinajstić information content (AvgIpc) is 3.36. The Labute approximate surface area is 187 Å². The Morgan fingerprint density at radius 1 is 1.06 bits per heavy atom. The molecule has 7 heteroatoms. The van der Waals surface area contributed by atoms with E-state index in [0.717, 1.165) is 32.1 Å². The Bertz CT molecular complexity index is 1350. The number of carbonyl (C=O) groups is 1. The fraction of sp³-hybridized carbons (Fsp3) is 0.0417. The van der Waals surface area contributed by atoms with Crippen LogP contribution in [0, 0.1) is 6.92 Å². The normalized spacial score (nSPS) is 16.4. The number of fused-ring (bicyclic) bond motifs is 1. The highest BCUT2D eigenvalue weighted by Gasteiger charge is 2.24. The van der Waals surface area contributed by atoms with Gasteiger partial charge in [0.1, 0.15) is 5.76 Å². The molecule has 0 aliphatic carbocycles. The Balaban J connectivity index is 1.35. The van der Waals surface area contributed by atoms with Crippen molar-refractivity contribution in [2.24, 2.45) is 4.99 Å². The zero-order chi connectivity index (χ0) is 21.2. The lowest BCUT2D eigenvalue weighted by atomic mass is 10.2. The minimum Gasteiger partial charge on any atom is -0.450 e. The summed E-state index contributed by atoms with van der Waals surface area (Å²) in [6, 6.07) is 21.6. The van der Waals surface area contributed by atoms with Crippen LogP contribution in [0.2, 0.25) is 0 Å². The number of furan rings is 1. The summed E-state index contributed by atoms with van der Waals surface area (Å²) in [5.74, 6) is 0.437. The summed E-state index contributed by atoms with van der Waals surface area (Å²) >= 11 is 2.82. The molecule has 2 aromatic carbocycles. The number of pyridine rings is 1. The predicted octanol–water partition coefficient (Wildman–Crippen LogP) is 6.18. The molecule has 0 radical (unpaired) electrons. The van der Waals surface area contributed by atoms with Crippen molar-refractivity contribution in [3.63, 3.8) is 0 Å². The molecule has 1 amide bonds. The maximum absolute atomic E-state index is 12.4. The molecule has 1 fully saturated rings. The molecule has 1 N–H and O–H groups in total. The molecule has 2 aromatic heterocycles. The molecular formula is C24H17N3O2S2. The Hall–Kier alpha value is -3.29. The number of hydrogen-bond donors (Lipinski definition) is 1. The Kier molecular flexibility index (Phi) is 5.36. The van der Waals surface area contributed by atoms with Gasteiger partial charge < -0.3 is 9.73 Å². The molecule has 5 rings (SSSR count). The zero-order valence-electron chi connectivity index (χ0n) is 16.5. The van der Waals surface area contributed by atoms with Gasteiger partial charge in [0, 0.05) is 22.6 Å². The van der Waals surface area contributed by atoms with Crippen molar-refractivity contribution in [3.8, 4) is 0 Å². The summed E-state index contributed by atoms with van der Waals surface area (Å²) in [5.41, 5.74) is 2.83. The average molecular weight is 444 g/mol. The van der Waals surface area contributed by atoms with Gasteiger partial charge in [-0.15, -0.1) is 0 Å². The van der Waals surface area contributed by atoms with Crippen LogP contribution < -0.4 is 5.32 Å². The van der Waals surface area contributed by atoms with E-state index < -0.39 is 0 Å².